The molecule has 1 aliphatic rings. The van der Waals surface area contributed by atoms with Crippen LogP contribution in [0.5, 0.6) is 5.75 Å². The van der Waals surface area contributed by atoms with Crippen LogP contribution in [0.25, 0.3) is 0 Å². The van der Waals surface area contributed by atoms with Gasteiger partial charge in [-0.15, -0.1) is 0 Å². The molecule has 26 heavy (non-hydrogen) atoms. The van der Waals surface area contributed by atoms with Crippen molar-refractivity contribution >= 4 is 27.8 Å². The van der Waals surface area contributed by atoms with E-state index in [4.69, 9.17) is 9.47 Å². The molecule has 1 fully saturated rings. The quantitative estimate of drug-likeness (QED) is 0.669. The molecule has 0 heterocycles. The lowest BCUT2D eigenvalue weighted by Crippen LogP contribution is -2.35. The van der Waals surface area contributed by atoms with Gasteiger partial charge in [-0.2, -0.15) is 0 Å². The summed E-state index contributed by atoms with van der Waals surface area (Å²) in [6.07, 6.45) is 2.11. The molecule has 1 saturated carbocycles. The smallest absolute Gasteiger partial charge is 0.344 e. The highest BCUT2D eigenvalue weighted by atomic mass is 79.9. The van der Waals surface area contributed by atoms with Crippen molar-refractivity contribution < 1.29 is 19.1 Å². The standard InChI is InChI=1S/C20H20BrNO4/c21-16-6-8-17(9-7-16)25-13-19(24)26-12-18(23)22-14-20(10-11-20)15-4-2-1-3-5-15/h1-9H,10-14H2,(H,22,23). The fourth-order valence-corrected chi connectivity index (χ4v) is 2.95. The lowest BCUT2D eigenvalue weighted by molar-refractivity contribution is -0.150. The Kier molecular flexibility index (Phi) is 5.93. The van der Waals surface area contributed by atoms with Crippen LogP contribution in [0.3, 0.4) is 0 Å². The zero-order chi connectivity index (χ0) is 18.4. The molecule has 2 aromatic rings. The van der Waals surface area contributed by atoms with Crippen LogP contribution in [0.4, 0.5) is 0 Å². The van der Waals surface area contributed by atoms with E-state index in [1.54, 1.807) is 12.1 Å². The van der Waals surface area contributed by atoms with Crippen molar-refractivity contribution in [3.63, 3.8) is 0 Å². The monoisotopic (exact) mass is 417 g/mol. The SMILES string of the molecule is O=C(COC(=O)COc1ccc(Br)cc1)NCC1(c2ccccc2)CC1. The molecule has 136 valence electrons. The van der Waals surface area contributed by atoms with Gasteiger partial charge in [0.1, 0.15) is 5.75 Å². The Bertz CT molecular complexity index is 757. The van der Waals surface area contributed by atoms with Gasteiger partial charge in [0.05, 0.1) is 0 Å². The molecule has 0 aliphatic heterocycles. The molecule has 5 nitrogen and oxygen atoms in total. The second kappa shape index (κ2) is 8.36. The number of carbonyl (C=O) groups is 2. The summed E-state index contributed by atoms with van der Waals surface area (Å²) >= 11 is 3.32. The predicted octanol–water partition coefficient (Wildman–Crippen LogP) is 3.22. The summed E-state index contributed by atoms with van der Waals surface area (Å²) in [5.41, 5.74) is 1.27. The molecule has 6 heteroatoms. The third-order valence-corrected chi connectivity index (χ3v) is 4.93. The van der Waals surface area contributed by atoms with Crippen molar-refractivity contribution in [2.45, 2.75) is 18.3 Å². The maximum absolute atomic E-state index is 11.9. The highest BCUT2D eigenvalue weighted by Crippen LogP contribution is 2.47. The Labute approximate surface area is 160 Å². The predicted molar refractivity (Wildman–Crippen MR) is 101 cm³/mol. The Morgan fingerprint density at radius 3 is 2.35 bits per heavy atom. The highest BCUT2D eigenvalue weighted by molar-refractivity contribution is 9.10. The molecule has 0 unspecified atom stereocenters. The number of ether oxygens (including phenoxy) is 2. The molecule has 1 aliphatic carbocycles. The first-order valence-corrected chi connectivity index (χ1v) is 9.23. The van der Waals surface area contributed by atoms with Gasteiger partial charge < -0.3 is 14.8 Å². The largest absolute Gasteiger partial charge is 0.482 e. The molecule has 0 atom stereocenters. The minimum atomic E-state index is -0.577. The van der Waals surface area contributed by atoms with Gasteiger partial charge in [-0.3, -0.25) is 4.79 Å². The van der Waals surface area contributed by atoms with Crippen molar-refractivity contribution in [3.05, 3.63) is 64.6 Å². The minimum Gasteiger partial charge on any atom is -0.482 e. The highest BCUT2D eigenvalue weighted by Gasteiger charge is 2.44. The number of hydrogen-bond donors (Lipinski definition) is 1. The van der Waals surface area contributed by atoms with Crippen LogP contribution in [-0.4, -0.2) is 31.6 Å². The van der Waals surface area contributed by atoms with Gasteiger partial charge in [0.25, 0.3) is 5.91 Å². The lowest BCUT2D eigenvalue weighted by atomic mass is 9.96. The van der Waals surface area contributed by atoms with Crippen molar-refractivity contribution in [3.8, 4) is 5.75 Å². The summed E-state index contributed by atoms with van der Waals surface area (Å²) in [4.78, 5) is 23.6. The van der Waals surface area contributed by atoms with Gasteiger partial charge in [0, 0.05) is 16.4 Å². The van der Waals surface area contributed by atoms with Crippen LogP contribution in [0.15, 0.2) is 59.1 Å². The van der Waals surface area contributed by atoms with E-state index in [0.29, 0.717) is 12.3 Å². The van der Waals surface area contributed by atoms with Gasteiger partial charge in [-0.25, -0.2) is 4.79 Å². The maximum Gasteiger partial charge on any atom is 0.344 e. The van der Waals surface area contributed by atoms with Crippen molar-refractivity contribution in [2.24, 2.45) is 0 Å². The van der Waals surface area contributed by atoms with Crippen LogP contribution >= 0.6 is 15.9 Å². The van der Waals surface area contributed by atoms with Crippen molar-refractivity contribution in [1.29, 1.82) is 0 Å². The summed E-state index contributed by atoms with van der Waals surface area (Å²) in [6, 6.07) is 17.3. The van der Waals surface area contributed by atoms with E-state index in [1.807, 2.05) is 30.3 Å². The van der Waals surface area contributed by atoms with Gasteiger partial charge in [-0.05, 0) is 42.7 Å². The van der Waals surface area contributed by atoms with Gasteiger partial charge in [0.15, 0.2) is 13.2 Å². The number of amides is 1. The molecule has 0 bridgehead atoms. The van der Waals surface area contributed by atoms with E-state index in [-0.39, 0.29) is 24.5 Å². The fourth-order valence-electron chi connectivity index (χ4n) is 2.69. The summed E-state index contributed by atoms with van der Waals surface area (Å²) < 4.78 is 11.2. The van der Waals surface area contributed by atoms with Crippen LogP contribution in [0.2, 0.25) is 0 Å². The molecule has 0 aromatic heterocycles. The average molecular weight is 418 g/mol. The number of hydrogen-bond acceptors (Lipinski definition) is 4. The third-order valence-electron chi connectivity index (χ3n) is 4.40. The Hall–Kier alpha value is -2.34. The molecule has 1 N–H and O–H groups in total. The zero-order valence-corrected chi connectivity index (χ0v) is 15.8. The summed E-state index contributed by atoms with van der Waals surface area (Å²) in [5, 5.41) is 2.86. The fraction of sp³-hybridized carbons (Fsp3) is 0.300. The number of rotatable bonds is 8. The maximum atomic E-state index is 11.9. The first-order valence-electron chi connectivity index (χ1n) is 8.44. The van der Waals surface area contributed by atoms with E-state index >= 15 is 0 Å². The van der Waals surface area contributed by atoms with E-state index in [1.165, 1.54) is 5.56 Å². The first kappa shape index (κ1) is 18.5. The van der Waals surface area contributed by atoms with Crippen molar-refractivity contribution in [2.75, 3.05) is 19.8 Å². The zero-order valence-electron chi connectivity index (χ0n) is 14.2. The molecular formula is C20H20BrNO4. The van der Waals surface area contributed by atoms with E-state index in [2.05, 4.69) is 33.4 Å². The lowest BCUT2D eigenvalue weighted by Gasteiger charge is -2.16. The molecule has 0 radical (unpaired) electrons. The molecule has 1 amide bonds. The van der Waals surface area contributed by atoms with E-state index in [9.17, 15) is 9.59 Å². The Balaban J connectivity index is 1.36. The van der Waals surface area contributed by atoms with Gasteiger partial charge >= 0.3 is 5.97 Å². The third kappa shape index (κ3) is 5.08. The second-order valence-electron chi connectivity index (χ2n) is 6.33. The summed E-state index contributed by atoms with van der Waals surface area (Å²) in [7, 11) is 0. The Morgan fingerprint density at radius 1 is 1.00 bits per heavy atom. The van der Waals surface area contributed by atoms with E-state index < -0.39 is 5.97 Å². The normalized spacial score (nSPS) is 14.3. The minimum absolute atomic E-state index is 0.0334. The second-order valence-corrected chi connectivity index (χ2v) is 7.24. The van der Waals surface area contributed by atoms with Gasteiger partial charge in [-0.1, -0.05) is 46.3 Å². The molecule has 0 spiro atoms. The number of benzene rings is 2. The molecular weight excluding hydrogens is 398 g/mol. The van der Waals surface area contributed by atoms with Crippen LogP contribution in [0.1, 0.15) is 18.4 Å². The van der Waals surface area contributed by atoms with Crippen LogP contribution < -0.4 is 10.1 Å². The molecule has 0 saturated heterocycles. The number of halogens is 1. The van der Waals surface area contributed by atoms with E-state index in [0.717, 1.165) is 17.3 Å². The first-order chi connectivity index (χ1) is 12.6. The average Bonchev–Trinajstić information content (AvgIpc) is 3.46. The number of nitrogens with one attached hydrogen (secondary N) is 1. The van der Waals surface area contributed by atoms with Crippen molar-refractivity contribution in [1.82, 2.24) is 5.32 Å². The Morgan fingerprint density at radius 2 is 1.69 bits per heavy atom. The molecule has 2 aromatic carbocycles. The number of esters is 1. The molecule has 3 rings (SSSR count). The van der Waals surface area contributed by atoms with Gasteiger partial charge in [0.2, 0.25) is 0 Å². The topological polar surface area (TPSA) is 64.6 Å². The van der Waals surface area contributed by atoms with Crippen LogP contribution in [0, 0.1) is 0 Å². The summed E-state index contributed by atoms with van der Waals surface area (Å²) in [6.45, 7) is 0.0268. The van der Waals surface area contributed by atoms with Crippen LogP contribution in [-0.2, 0) is 19.7 Å². The number of carbonyl (C=O) groups excluding carboxylic acids is 2. The summed E-state index contributed by atoms with van der Waals surface area (Å²) in [5.74, 6) is -0.315.